The average molecular weight is 287 g/mol. The predicted molar refractivity (Wildman–Crippen MR) is 75.0 cm³/mol. The van der Waals surface area contributed by atoms with Crippen LogP contribution in [-0.2, 0) is 0 Å². The van der Waals surface area contributed by atoms with Crippen molar-refractivity contribution in [2.24, 2.45) is 0 Å². The zero-order valence-corrected chi connectivity index (χ0v) is 11.8. The molecule has 3 rings (SSSR count). The molecule has 1 aliphatic rings. The molecular weight excluding hydrogens is 270 g/mol. The lowest BCUT2D eigenvalue weighted by molar-refractivity contribution is 0.0666. The zero-order valence-electron chi connectivity index (χ0n) is 11.8. The average Bonchev–Trinajstić information content (AvgIpc) is 3.09. The van der Waals surface area contributed by atoms with Gasteiger partial charge in [-0.25, -0.2) is 9.67 Å². The maximum absolute atomic E-state index is 12.5. The molecule has 7 nitrogen and oxygen atoms in total. The fraction of sp³-hybridized carbons (Fsp3) is 0.429. The molecule has 1 saturated heterocycles. The zero-order chi connectivity index (χ0) is 14.7. The van der Waals surface area contributed by atoms with E-state index in [1.54, 1.807) is 31.8 Å². The van der Waals surface area contributed by atoms with E-state index in [-0.39, 0.29) is 11.9 Å². The molecule has 0 radical (unpaired) electrons. The van der Waals surface area contributed by atoms with Crippen molar-refractivity contribution in [3.63, 3.8) is 0 Å². The van der Waals surface area contributed by atoms with Crippen LogP contribution in [0.5, 0.6) is 5.75 Å². The summed E-state index contributed by atoms with van der Waals surface area (Å²) in [6.07, 6.45) is 6.75. The van der Waals surface area contributed by atoms with E-state index in [2.05, 4.69) is 15.1 Å². The van der Waals surface area contributed by atoms with Crippen molar-refractivity contribution in [2.45, 2.75) is 18.9 Å². The van der Waals surface area contributed by atoms with Gasteiger partial charge in [0.15, 0.2) is 0 Å². The van der Waals surface area contributed by atoms with Gasteiger partial charge in [-0.3, -0.25) is 9.78 Å². The largest absolute Gasteiger partial charge is 0.497 e. The third kappa shape index (κ3) is 2.86. The first-order valence-electron chi connectivity index (χ1n) is 6.91. The van der Waals surface area contributed by atoms with Gasteiger partial charge in [0.05, 0.1) is 13.2 Å². The molecule has 0 unspecified atom stereocenters. The van der Waals surface area contributed by atoms with Gasteiger partial charge >= 0.3 is 0 Å². The fourth-order valence-electron chi connectivity index (χ4n) is 2.58. The molecule has 0 aliphatic carbocycles. The van der Waals surface area contributed by atoms with E-state index in [1.165, 1.54) is 6.33 Å². The molecule has 0 aromatic carbocycles. The number of aromatic nitrogens is 4. The van der Waals surface area contributed by atoms with E-state index >= 15 is 0 Å². The molecule has 3 heterocycles. The van der Waals surface area contributed by atoms with Crippen molar-refractivity contribution in [1.29, 1.82) is 0 Å². The molecule has 7 heteroatoms. The Morgan fingerprint density at radius 3 is 3.14 bits per heavy atom. The van der Waals surface area contributed by atoms with Crippen molar-refractivity contribution in [1.82, 2.24) is 24.6 Å². The van der Waals surface area contributed by atoms with Crippen LogP contribution in [0.15, 0.2) is 31.0 Å². The first kappa shape index (κ1) is 13.5. The molecule has 1 amide bonds. The molecule has 1 fully saturated rings. The SMILES string of the molecule is COc1ccnc(C(=O)N2CCC[C@@H](n3cncn3)C2)c1. The minimum Gasteiger partial charge on any atom is -0.497 e. The van der Waals surface area contributed by atoms with Crippen LogP contribution >= 0.6 is 0 Å². The molecule has 2 aromatic heterocycles. The first-order chi connectivity index (χ1) is 10.3. The molecule has 0 N–H and O–H groups in total. The normalized spacial score (nSPS) is 18.5. The second kappa shape index (κ2) is 5.90. The topological polar surface area (TPSA) is 73.1 Å². The molecule has 110 valence electrons. The van der Waals surface area contributed by atoms with E-state index < -0.39 is 0 Å². The second-order valence-corrected chi connectivity index (χ2v) is 5.00. The van der Waals surface area contributed by atoms with Crippen LogP contribution in [0, 0.1) is 0 Å². The summed E-state index contributed by atoms with van der Waals surface area (Å²) in [5.74, 6) is 0.567. The van der Waals surface area contributed by atoms with E-state index in [9.17, 15) is 4.79 Å². The molecule has 0 bridgehead atoms. The summed E-state index contributed by atoms with van der Waals surface area (Å²) in [5, 5.41) is 4.17. The van der Waals surface area contributed by atoms with Gasteiger partial charge < -0.3 is 9.64 Å². The van der Waals surface area contributed by atoms with Crippen molar-refractivity contribution in [3.8, 4) is 5.75 Å². The highest BCUT2D eigenvalue weighted by molar-refractivity contribution is 5.92. The van der Waals surface area contributed by atoms with Gasteiger partial charge in [-0.1, -0.05) is 0 Å². The Bertz CT molecular complexity index is 614. The first-order valence-corrected chi connectivity index (χ1v) is 6.91. The summed E-state index contributed by atoms with van der Waals surface area (Å²) in [5.41, 5.74) is 0.411. The van der Waals surface area contributed by atoms with Gasteiger partial charge in [0, 0.05) is 25.4 Å². The minimum absolute atomic E-state index is 0.0706. The Balaban J connectivity index is 1.74. The summed E-state index contributed by atoms with van der Waals surface area (Å²) < 4.78 is 6.96. The monoisotopic (exact) mass is 287 g/mol. The van der Waals surface area contributed by atoms with Crippen molar-refractivity contribution < 1.29 is 9.53 Å². The molecule has 0 spiro atoms. The van der Waals surface area contributed by atoms with Crippen LogP contribution in [0.1, 0.15) is 29.4 Å². The van der Waals surface area contributed by atoms with Crippen LogP contribution < -0.4 is 4.74 Å². The minimum atomic E-state index is -0.0706. The number of rotatable bonds is 3. The van der Waals surface area contributed by atoms with Crippen molar-refractivity contribution in [3.05, 3.63) is 36.7 Å². The van der Waals surface area contributed by atoms with Crippen LogP contribution in [0.25, 0.3) is 0 Å². The molecule has 21 heavy (non-hydrogen) atoms. The molecule has 1 aliphatic heterocycles. The summed E-state index contributed by atoms with van der Waals surface area (Å²) in [6, 6.07) is 3.57. The number of amides is 1. The smallest absolute Gasteiger partial charge is 0.272 e. The quantitative estimate of drug-likeness (QED) is 0.847. The van der Waals surface area contributed by atoms with Gasteiger partial charge in [-0.05, 0) is 18.9 Å². The van der Waals surface area contributed by atoms with Crippen LogP contribution in [0.3, 0.4) is 0 Å². The highest BCUT2D eigenvalue weighted by atomic mass is 16.5. The number of piperidine rings is 1. The Hall–Kier alpha value is -2.44. The Morgan fingerprint density at radius 1 is 1.48 bits per heavy atom. The Labute approximate surface area is 122 Å². The lowest BCUT2D eigenvalue weighted by Gasteiger charge is -2.32. The number of pyridine rings is 1. The fourth-order valence-corrected chi connectivity index (χ4v) is 2.58. The third-order valence-corrected chi connectivity index (χ3v) is 3.68. The number of methoxy groups -OCH3 is 1. The molecule has 2 aromatic rings. The Kier molecular flexibility index (Phi) is 3.81. The number of hydrogen-bond acceptors (Lipinski definition) is 5. The van der Waals surface area contributed by atoms with Gasteiger partial charge in [0.25, 0.3) is 5.91 Å². The highest BCUT2D eigenvalue weighted by Gasteiger charge is 2.26. The molecule has 1 atom stereocenters. The maximum atomic E-state index is 12.5. The third-order valence-electron chi connectivity index (χ3n) is 3.68. The maximum Gasteiger partial charge on any atom is 0.272 e. The van der Waals surface area contributed by atoms with Gasteiger partial charge in [0.1, 0.15) is 24.1 Å². The number of hydrogen-bond donors (Lipinski definition) is 0. The van der Waals surface area contributed by atoms with Gasteiger partial charge in [-0.15, -0.1) is 0 Å². The standard InChI is InChI=1S/C14H17N5O2/c1-21-12-4-5-16-13(7-12)14(20)18-6-2-3-11(8-18)19-10-15-9-17-19/h4-5,7,9-11H,2-3,6,8H2,1H3/t11-/m1/s1. The number of likely N-dealkylation sites (tertiary alicyclic amines) is 1. The van der Waals surface area contributed by atoms with E-state index in [0.29, 0.717) is 18.0 Å². The predicted octanol–water partition coefficient (Wildman–Crippen LogP) is 1.16. The highest BCUT2D eigenvalue weighted by Crippen LogP contribution is 2.22. The summed E-state index contributed by atoms with van der Waals surface area (Å²) in [6.45, 7) is 1.37. The summed E-state index contributed by atoms with van der Waals surface area (Å²) >= 11 is 0. The van der Waals surface area contributed by atoms with Gasteiger partial charge in [-0.2, -0.15) is 5.10 Å². The van der Waals surface area contributed by atoms with Gasteiger partial charge in [0.2, 0.25) is 0 Å². The number of nitrogens with zero attached hydrogens (tertiary/aromatic N) is 5. The van der Waals surface area contributed by atoms with Crippen LogP contribution in [0.2, 0.25) is 0 Å². The number of carbonyl (C=O) groups is 1. The second-order valence-electron chi connectivity index (χ2n) is 5.00. The van der Waals surface area contributed by atoms with E-state index in [0.717, 1.165) is 19.4 Å². The van der Waals surface area contributed by atoms with Crippen molar-refractivity contribution in [2.75, 3.05) is 20.2 Å². The van der Waals surface area contributed by atoms with E-state index in [4.69, 9.17) is 4.74 Å². The lowest BCUT2D eigenvalue weighted by Crippen LogP contribution is -2.41. The number of carbonyl (C=O) groups excluding carboxylic acids is 1. The van der Waals surface area contributed by atoms with E-state index in [1.807, 2.05) is 9.58 Å². The van der Waals surface area contributed by atoms with Crippen LogP contribution in [0.4, 0.5) is 0 Å². The summed E-state index contributed by atoms with van der Waals surface area (Å²) in [7, 11) is 1.57. The molecular formula is C14H17N5O2. The van der Waals surface area contributed by atoms with Crippen LogP contribution in [-0.4, -0.2) is 50.8 Å². The summed E-state index contributed by atoms with van der Waals surface area (Å²) in [4.78, 5) is 22.5. The lowest BCUT2D eigenvalue weighted by atomic mass is 10.1. The van der Waals surface area contributed by atoms with Crippen molar-refractivity contribution >= 4 is 5.91 Å². The number of ether oxygens (including phenoxy) is 1. The molecule has 0 saturated carbocycles. The Morgan fingerprint density at radius 2 is 2.38 bits per heavy atom.